The van der Waals surface area contributed by atoms with Gasteiger partial charge in [-0.1, -0.05) is 27.7 Å². The molecule has 0 aromatic rings. The van der Waals surface area contributed by atoms with Gasteiger partial charge in [-0.2, -0.15) is 12.6 Å². The van der Waals surface area contributed by atoms with Crippen LogP contribution in [-0.4, -0.2) is 154 Å². The molecule has 61 heavy (non-hydrogen) atoms. The molecular weight excluding hydrogens is 821 g/mol. The summed E-state index contributed by atoms with van der Waals surface area (Å²) >= 11 is 4.18. The summed E-state index contributed by atoms with van der Waals surface area (Å²) in [5.74, 6) is -9.15. The second-order valence-electron chi connectivity index (χ2n) is 15.6. The molecule has 2 aliphatic rings. The van der Waals surface area contributed by atoms with Crippen LogP contribution in [0.15, 0.2) is 4.99 Å². The number of nitrogens with two attached hydrogens (primary N) is 3. The quantitative estimate of drug-likeness (QED) is 0.0201. The number of hydrogen-bond acceptors (Lipinski definition) is 12. The summed E-state index contributed by atoms with van der Waals surface area (Å²) in [7, 11) is 0. The summed E-state index contributed by atoms with van der Waals surface area (Å²) in [4.78, 5) is 135. The molecule has 0 saturated carbocycles. The molecular formula is C37H62N12O11S. The van der Waals surface area contributed by atoms with Gasteiger partial charge in [0.1, 0.15) is 42.3 Å². The highest BCUT2D eigenvalue weighted by Gasteiger charge is 2.41. The molecule has 9 amide bonds. The first kappa shape index (κ1) is 51.5. The topological polar surface area (TPSA) is 360 Å². The maximum absolute atomic E-state index is 13.8. The lowest BCUT2D eigenvalue weighted by atomic mass is 10.0. The number of amides is 9. The number of thiol groups is 1. The fraction of sp³-hybridized carbons (Fsp3) is 0.703. The number of nitrogens with one attached hydrogen (secondary N) is 6. The molecule has 0 aromatic carbocycles. The molecule has 2 saturated heterocycles. The second kappa shape index (κ2) is 24.5. The van der Waals surface area contributed by atoms with Crippen LogP contribution >= 0.6 is 12.6 Å². The molecule has 0 unspecified atom stereocenters. The van der Waals surface area contributed by atoms with Gasteiger partial charge in [0, 0.05) is 32.3 Å². The first-order chi connectivity index (χ1) is 28.6. The van der Waals surface area contributed by atoms with Gasteiger partial charge in [0.25, 0.3) is 0 Å². The number of primary amides is 1. The predicted octanol–water partition coefficient (Wildman–Crippen LogP) is -4.22. The average molecular weight is 883 g/mol. The Morgan fingerprint density at radius 2 is 1.26 bits per heavy atom. The summed E-state index contributed by atoms with van der Waals surface area (Å²) in [5.41, 5.74) is 16.2. The zero-order valence-electron chi connectivity index (χ0n) is 35.2. The number of carboxylic acid groups (broad SMARTS) is 1. The number of rotatable bonds is 23. The first-order valence-electron chi connectivity index (χ1n) is 20.1. The Balaban J connectivity index is 2.10. The Morgan fingerprint density at radius 3 is 1.77 bits per heavy atom. The summed E-state index contributed by atoms with van der Waals surface area (Å²) in [6.07, 6.45) is 1.07. The van der Waals surface area contributed by atoms with E-state index in [0.29, 0.717) is 25.8 Å². The summed E-state index contributed by atoms with van der Waals surface area (Å²) in [6.45, 7) is 7.88. The van der Waals surface area contributed by atoms with Crippen LogP contribution in [0.3, 0.4) is 0 Å². The van der Waals surface area contributed by atoms with Gasteiger partial charge in [-0.15, -0.1) is 0 Å². The van der Waals surface area contributed by atoms with Crippen molar-refractivity contribution in [3.63, 3.8) is 0 Å². The third-order valence-electron chi connectivity index (χ3n) is 10.1. The van der Waals surface area contributed by atoms with Gasteiger partial charge in [-0.25, -0.2) is 0 Å². The van der Waals surface area contributed by atoms with Crippen molar-refractivity contribution in [2.75, 3.05) is 31.9 Å². The van der Waals surface area contributed by atoms with Crippen molar-refractivity contribution in [3.05, 3.63) is 0 Å². The largest absolute Gasteiger partial charge is 0.481 e. The molecule has 0 radical (unpaired) electrons. The van der Waals surface area contributed by atoms with Gasteiger partial charge in [-0.05, 0) is 50.4 Å². The second-order valence-corrected chi connectivity index (χ2v) is 16.0. The standard InChI is InChI=1S/C37H62N12O11S/c1-18(2)28(30(38)54)47-33(57)22(15-27(52)53)44-35(59)25-11-8-14-49(25)36(60)29(19(3)4)46-26(51)16-42-31(55)23(17-61)45-32(56)21(9-6-12-41-37(39)40)43-34(58)24-10-7-13-48(24)20(5)50/h18-19,21-25,28-29,61H,6-17H2,1-5H3,(H2,38,54)(H,42,55)(H,43,58)(H,44,59)(H,45,56)(H,46,51)(H,47,57)(H,52,53)(H4,39,40,41)/t21-,22-,23-,24-,25-,28-,29-/m0/s1. The SMILES string of the molecule is CC(=O)N1CCC[C@H]1C(=O)N[C@@H](CCCN=C(N)N)C(=O)N[C@@H](CS)C(=O)NCC(=O)N[C@H](C(=O)N1CCC[C@H]1C(=O)N[C@@H](CC(=O)O)C(=O)N[C@H](C(N)=O)C(C)C)C(C)C. The van der Waals surface area contributed by atoms with Crippen molar-refractivity contribution < 1.29 is 53.1 Å². The Hall–Kier alpha value is -5.68. The fourth-order valence-corrected chi connectivity index (χ4v) is 7.16. The number of carbonyl (C=O) groups is 10. The van der Waals surface area contributed by atoms with Gasteiger partial charge >= 0.3 is 5.97 Å². The van der Waals surface area contributed by atoms with E-state index in [2.05, 4.69) is 49.5 Å². The van der Waals surface area contributed by atoms with Crippen LogP contribution in [-0.2, 0) is 47.9 Å². The third kappa shape index (κ3) is 16.0. The lowest BCUT2D eigenvalue weighted by Gasteiger charge is -2.31. The molecule has 342 valence electrons. The first-order valence-corrected chi connectivity index (χ1v) is 20.8. The molecule has 24 heteroatoms. The minimum Gasteiger partial charge on any atom is -0.481 e. The molecule has 7 atom stereocenters. The highest BCUT2D eigenvalue weighted by Crippen LogP contribution is 2.21. The van der Waals surface area contributed by atoms with E-state index in [9.17, 15) is 53.1 Å². The van der Waals surface area contributed by atoms with E-state index in [0.717, 1.165) is 0 Å². The molecule has 23 nitrogen and oxygen atoms in total. The highest BCUT2D eigenvalue weighted by atomic mass is 32.1. The van der Waals surface area contributed by atoms with E-state index in [1.165, 1.54) is 16.7 Å². The third-order valence-corrected chi connectivity index (χ3v) is 10.5. The Morgan fingerprint density at radius 1 is 0.721 bits per heavy atom. The molecule has 2 fully saturated rings. The van der Waals surface area contributed by atoms with Crippen molar-refractivity contribution in [2.45, 2.75) is 122 Å². The number of aliphatic imine (C=N–C) groups is 1. The summed E-state index contributed by atoms with van der Waals surface area (Å²) < 4.78 is 0. The van der Waals surface area contributed by atoms with Gasteiger partial charge < -0.3 is 64.0 Å². The number of carbonyl (C=O) groups excluding carboxylic acids is 9. The number of carboxylic acids is 1. The number of likely N-dealkylation sites (tertiary alicyclic amines) is 2. The van der Waals surface area contributed by atoms with E-state index in [1.54, 1.807) is 27.7 Å². The van der Waals surface area contributed by atoms with Crippen LogP contribution < -0.4 is 49.1 Å². The zero-order valence-corrected chi connectivity index (χ0v) is 36.1. The minimum absolute atomic E-state index is 0.0720. The van der Waals surface area contributed by atoms with Crippen LogP contribution in [0.5, 0.6) is 0 Å². The number of hydrogen-bond donors (Lipinski definition) is 11. The van der Waals surface area contributed by atoms with E-state index < -0.39 is 120 Å². The Kier molecular flexibility index (Phi) is 20.7. The van der Waals surface area contributed by atoms with Crippen LogP contribution in [0.25, 0.3) is 0 Å². The fourth-order valence-electron chi connectivity index (χ4n) is 6.91. The van der Waals surface area contributed by atoms with E-state index in [-0.39, 0.29) is 50.0 Å². The van der Waals surface area contributed by atoms with Gasteiger partial charge in [0.2, 0.25) is 53.2 Å². The van der Waals surface area contributed by atoms with Gasteiger partial charge in [-0.3, -0.25) is 52.9 Å². The smallest absolute Gasteiger partial charge is 0.305 e. The maximum atomic E-state index is 13.8. The predicted molar refractivity (Wildman–Crippen MR) is 223 cm³/mol. The van der Waals surface area contributed by atoms with E-state index >= 15 is 0 Å². The van der Waals surface area contributed by atoms with Crippen molar-refractivity contribution in [3.8, 4) is 0 Å². The zero-order chi connectivity index (χ0) is 46.1. The normalized spacial score (nSPS) is 18.5. The number of aliphatic carboxylic acids is 1. The molecule has 2 aliphatic heterocycles. The highest BCUT2D eigenvalue weighted by molar-refractivity contribution is 7.80. The Labute approximate surface area is 359 Å². The molecule has 2 heterocycles. The summed E-state index contributed by atoms with van der Waals surface area (Å²) in [5, 5.41) is 24.4. The van der Waals surface area contributed by atoms with Crippen molar-refractivity contribution in [2.24, 2.45) is 34.0 Å². The molecule has 13 N–H and O–H groups in total. The van der Waals surface area contributed by atoms with Crippen LogP contribution in [0.1, 0.15) is 79.6 Å². The van der Waals surface area contributed by atoms with E-state index in [1.807, 2.05) is 0 Å². The monoisotopic (exact) mass is 882 g/mol. The molecule has 2 rings (SSSR count). The van der Waals surface area contributed by atoms with Crippen molar-refractivity contribution in [1.82, 2.24) is 41.7 Å². The van der Waals surface area contributed by atoms with Gasteiger partial charge in [0.05, 0.1) is 13.0 Å². The molecule has 0 spiro atoms. The lowest BCUT2D eigenvalue weighted by Crippen LogP contribution is -2.59. The molecule has 0 aliphatic carbocycles. The Bertz CT molecular complexity index is 1670. The van der Waals surface area contributed by atoms with Gasteiger partial charge in [0.15, 0.2) is 5.96 Å². The van der Waals surface area contributed by atoms with E-state index in [4.69, 9.17) is 17.2 Å². The maximum Gasteiger partial charge on any atom is 0.305 e. The number of nitrogens with zero attached hydrogens (tertiary/aromatic N) is 3. The van der Waals surface area contributed by atoms with Crippen LogP contribution in [0.2, 0.25) is 0 Å². The molecule has 0 bridgehead atoms. The lowest BCUT2D eigenvalue weighted by molar-refractivity contribution is -0.144. The van der Waals surface area contributed by atoms with Crippen LogP contribution in [0, 0.1) is 11.8 Å². The number of guanidine groups is 1. The average Bonchev–Trinajstić information content (AvgIpc) is 3.88. The van der Waals surface area contributed by atoms with Crippen LogP contribution in [0.4, 0.5) is 0 Å². The van der Waals surface area contributed by atoms with Crippen molar-refractivity contribution >= 4 is 77.7 Å². The van der Waals surface area contributed by atoms with Crippen molar-refractivity contribution in [1.29, 1.82) is 0 Å². The summed E-state index contributed by atoms with van der Waals surface area (Å²) in [6, 6.07) is -8.24. The molecule has 0 aromatic heterocycles. The minimum atomic E-state index is -1.60.